The third kappa shape index (κ3) is 9.18. The average molecular weight is 623 g/mol. The fraction of sp³-hybridized carbons (Fsp3) is 0.333. The Kier molecular flexibility index (Phi) is 12.0. The highest BCUT2D eigenvalue weighted by Crippen LogP contribution is 2.28. The maximum atomic E-state index is 14.5. The molecular formula is C30H34Cl2FN3O4S. The zero-order chi connectivity index (χ0) is 30.0. The van der Waals surface area contributed by atoms with Crippen LogP contribution in [0.25, 0.3) is 0 Å². The third-order valence-electron chi connectivity index (χ3n) is 6.48. The summed E-state index contributed by atoms with van der Waals surface area (Å²) in [4.78, 5) is 28.7. The molecule has 0 radical (unpaired) electrons. The van der Waals surface area contributed by atoms with Gasteiger partial charge in [-0.05, 0) is 42.7 Å². The summed E-state index contributed by atoms with van der Waals surface area (Å²) in [6, 6.07) is 19.0. The van der Waals surface area contributed by atoms with Crippen LogP contribution >= 0.6 is 23.2 Å². The zero-order valence-corrected chi connectivity index (χ0v) is 25.4. The zero-order valence-electron chi connectivity index (χ0n) is 23.0. The molecule has 0 aromatic heterocycles. The molecule has 11 heteroatoms. The van der Waals surface area contributed by atoms with Gasteiger partial charge in [-0.3, -0.25) is 13.9 Å². The number of nitrogens with zero attached hydrogens (tertiary/aromatic N) is 2. The minimum absolute atomic E-state index is 0.0303. The molecule has 0 aliphatic rings. The van der Waals surface area contributed by atoms with Gasteiger partial charge in [0, 0.05) is 48.1 Å². The molecule has 0 heterocycles. The van der Waals surface area contributed by atoms with Crippen molar-refractivity contribution in [2.24, 2.45) is 0 Å². The molecular weight excluding hydrogens is 588 g/mol. The summed E-state index contributed by atoms with van der Waals surface area (Å²) in [5.41, 5.74) is 1.26. The van der Waals surface area contributed by atoms with E-state index in [9.17, 15) is 22.4 Å². The lowest BCUT2D eigenvalue weighted by molar-refractivity contribution is -0.141. The van der Waals surface area contributed by atoms with Crippen molar-refractivity contribution in [2.75, 3.05) is 23.7 Å². The molecule has 41 heavy (non-hydrogen) atoms. The maximum Gasteiger partial charge on any atom is 0.243 e. The van der Waals surface area contributed by atoms with Crippen LogP contribution in [0.15, 0.2) is 72.8 Å². The predicted molar refractivity (Wildman–Crippen MR) is 162 cm³/mol. The molecule has 0 aliphatic heterocycles. The number of anilines is 1. The van der Waals surface area contributed by atoms with Crippen molar-refractivity contribution in [3.05, 3.63) is 99.8 Å². The first-order valence-corrected chi connectivity index (χ1v) is 15.9. The highest BCUT2D eigenvalue weighted by molar-refractivity contribution is 7.92. The van der Waals surface area contributed by atoms with Gasteiger partial charge in [0.15, 0.2) is 0 Å². The number of carbonyl (C=O) groups is 2. The number of amides is 2. The second kappa shape index (κ2) is 15.2. The molecule has 3 aromatic carbocycles. The molecule has 2 amide bonds. The van der Waals surface area contributed by atoms with Gasteiger partial charge in [0.2, 0.25) is 21.8 Å². The third-order valence-corrected chi connectivity index (χ3v) is 8.37. The van der Waals surface area contributed by atoms with Crippen LogP contribution in [0.3, 0.4) is 0 Å². The van der Waals surface area contributed by atoms with Crippen LogP contribution in [0.5, 0.6) is 0 Å². The normalized spacial score (nSPS) is 12.0. The van der Waals surface area contributed by atoms with Gasteiger partial charge in [-0.25, -0.2) is 12.8 Å². The van der Waals surface area contributed by atoms with Crippen LogP contribution in [-0.2, 0) is 32.6 Å². The van der Waals surface area contributed by atoms with Crippen molar-refractivity contribution in [1.29, 1.82) is 0 Å². The quantitative estimate of drug-likeness (QED) is 0.245. The van der Waals surface area contributed by atoms with E-state index >= 15 is 0 Å². The molecule has 7 nitrogen and oxygen atoms in total. The lowest BCUT2D eigenvalue weighted by atomic mass is 10.0. The van der Waals surface area contributed by atoms with Gasteiger partial charge in [-0.2, -0.15) is 0 Å². The fourth-order valence-electron chi connectivity index (χ4n) is 4.41. The van der Waals surface area contributed by atoms with Crippen molar-refractivity contribution >= 4 is 50.7 Å². The Labute approximate surface area is 251 Å². The van der Waals surface area contributed by atoms with Crippen molar-refractivity contribution in [3.63, 3.8) is 0 Å². The molecule has 0 saturated heterocycles. The molecule has 220 valence electrons. The number of rotatable bonds is 14. The van der Waals surface area contributed by atoms with Gasteiger partial charge in [-0.1, -0.05) is 78.7 Å². The van der Waals surface area contributed by atoms with E-state index in [4.69, 9.17) is 23.2 Å². The lowest BCUT2D eigenvalue weighted by Crippen LogP contribution is -2.50. The van der Waals surface area contributed by atoms with Crippen LogP contribution in [0, 0.1) is 5.82 Å². The molecule has 0 aliphatic carbocycles. The summed E-state index contributed by atoms with van der Waals surface area (Å²) in [6.45, 7) is 2.21. The Morgan fingerprint density at radius 3 is 2.20 bits per heavy atom. The first-order chi connectivity index (χ1) is 19.5. The summed E-state index contributed by atoms with van der Waals surface area (Å²) < 4.78 is 40.4. The SMILES string of the molecule is CCCNC(=O)[C@H](Cc1ccccc1)N(Cc1c(Cl)cccc1Cl)C(=O)CCCN(c1ccccc1F)S(C)(=O)=O. The number of hydrogen-bond donors (Lipinski definition) is 1. The molecule has 0 fully saturated rings. The van der Waals surface area contributed by atoms with Crippen molar-refractivity contribution < 1.29 is 22.4 Å². The average Bonchev–Trinajstić information content (AvgIpc) is 2.93. The van der Waals surface area contributed by atoms with E-state index in [2.05, 4.69) is 5.32 Å². The van der Waals surface area contributed by atoms with E-state index in [1.54, 1.807) is 24.3 Å². The molecule has 0 saturated carbocycles. The van der Waals surface area contributed by atoms with Crippen molar-refractivity contribution in [1.82, 2.24) is 10.2 Å². The Balaban J connectivity index is 1.92. The van der Waals surface area contributed by atoms with E-state index in [-0.39, 0.29) is 43.9 Å². The topological polar surface area (TPSA) is 86.8 Å². The van der Waals surface area contributed by atoms with Crippen LogP contribution < -0.4 is 9.62 Å². The van der Waals surface area contributed by atoms with Crippen molar-refractivity contribution in [3.8, 4) is 0 Å². The van der Waals surface area contributed by atoms with Crippen LogP contribution in [0.2, 0.25) is 10.0 Å². The molecule has 0 unspecified atom stereocenters. The summed E-state index contributed by atoms with van der Waals surface area (Å²) >= 11 is 12.9. The van der Waals surface area contributed by atoms with Gasteiger partial charge in [0.05, 0.1) is 11.9 Å². The summed E-state index contributed by atoms with van der Waals surface area (Å²) in [7, 11) is -3.83. The van der Waals surface area contributed by atoms with Crippen LogP contribution in [0.1, 0.15) is 37.3 Å². The lowest BCUT2D eigenvalue weighted by Gasteiger charge is -2.32. The standard InChI is InChI=1S/C30H34Cl2FN3O4S/c1-3-18-34-30(38)28(20-22-11-5-4-6-12-22)35(21-23-24(31)13-9-14-25(23)32)29(37)17-10-19-36(41(2,39)40)27-16-8-7-15-26(27)33/h4-9,11-16,28H,3,10,17-21H2,1-2H3,(H,34,38)/t28-/m0/s1. The summed E-state index contributed by atoms with van der Waals surface area (Å²) in [5.74, 6) is -1.40. The maximum absolute atomic E-state index is 14.5. The largest absolute Gasteiger partial charge is 0.354 e. The van der Waals surface area contributed by atoms with E-state index in [1.807, 2.05) is 37.3 Å². The number of hydrogen-bond acceptors (Lipinski definition) is 4. The minimum atomic E-state index is -3.83. The number of benzene rings is 3. The Bertz CT molecular complexity index is 1420. The van der Waals surface area contributed by atoms with Gasteiger partial charge >= 0.3 is 0 Å². The Hall–Kier alpha value is -3.14. The number of halogens is 3. The number of carbonyl (C=O) groups excluding carboxylic acids is 2. The molecule has 3 rings (SSSR count). The fourth-order valence-corrected chi connectivity index (χ4v) is 5.89. The first kappa shape index (κ1) is 32.4. The van der Waals surface area contributed by atoms with E-state index in [1.165, 1.54) is 23.1 Å². The van der Waals surface area contributed by atoms with Crippen LogP contribution in [0.4, 0.5) is 10.1 Å². The highest BCUT2D eigenvalue weighted by Gasteiger charge is 2.31. The first-order valence-electron chi connectivity index (χ1n) is 13.3. The summed E-state index contributed by atoms with van der Waals surface area (Å²) in [6.07, 6.45) is 1.93. The highest BCUT2D eigenvalue weighted by atomic mass is 35.5. The van der Waals surface area contributed by atoms with E-state index in [0.717, 1.165) is 16.1 Å². The monoisotopic (exact) mass is 621 g/mol. The molecule has 0 bridgehead atoms. The predicted octanol–water partition coefficient (Wildman–Crippen LogP) is 5.85. The Morgan fingerprint density at radius 1 is 0.951 bits per heavy atom. The number of para-hydroxylation sites is 1. The second-order valence-corrected chi connectivity index (χ2v) is 12.3. The molecule has 3 aromatic rings. The summed E-state index contributed by atoms with van der Waals surface area (Å²) in [5, 5.41) is 3.60. The van der Waals surface area contributed by atoms with Gasteiger partial charge in [-0.15, -0.1) is 0 Å². The van der Waals surface area contributed by atoms with E-state index in [0.29, 0.717) is 28.6 Å². The van der Waals surface area contributed by atoms with E-state index < -0.39 is 27.8 Å². The van der Waals surface area contributed by atoms with Gasteiger partial charge in [0.1, 0.15) is 11.9 Å². The molecule has 1 N–H and O–H groups in total. The van der Waals surface area contributed by atoms with Gasteiger partial charge in [0.25, 0.3) is 0 Å². The molecule has 1 atom stereocenters. The minimum Gasteiger partial charge on any atom is -0.354 e. The Morgan fingerprint density at radius 2 is 1.59 bits per heavy atom. The van der Waals surface area contributed by atoms with Gasteiger partial charge < -0.3 is 10.2 Å². The van der Waals surface area contributed by atoms with Crippen molar-refractivity contribution in [2.45, 2.75) is 45.2 Å². The molecule has 0 spiro atoms. The second-order valence-electron chi connectivity index (χ2n) is 9.61. The van der Waals surface area contributed by atoms with Crippen LogP contribution in [-0.4, -0.2) is 50.5 Å². The smallest absolute Gasteiger partial charge is 0.243 e. The number of sulfonamides is 1. The number of nitrogens with one attached hydrogen (secondary N) is 1.